The number of rotatable bonds is 1. The van der Waals surface area contributed by atoms with E-state index in [9.17, 15) is 0 Å². The van der Waals surface area contributed by atoms with Gasteiger partial charge in [-0.2, -0.15) is 4.98 Å². The Morgan fingerprint density at radius 2 is 2.75 bits per heavy atom. The first-order valence-corrected chi connectivity index (χ1v) is 4.12. The van der Waals surface area contributed by atoms with E-state index in [2.05, 4.69) is 15.5 Å². The molecule has 0 saturated carbocycles. The number of aromatic nitrogens is 2. The van der Waals surface area contributed by atoms with Gasteiger partial charge >= 0.3 is 0 Å². The molecular formula is C8H13N3O. The highest BCUT2D eigenvalue weighted by Crippen LogP contribution is 2.20. The normalized spacial score (nSPS) is 29.0. The minimum Gasteiger partial charge on any atom is -0.339 e. The minimum absolute atomic E-state index is 0.155. The zero-order chi connectivity index (χ0) is 10.9. The van der Waals surface area contributed by atoms with Crippen molar-refractivity contribution in [2.45, 2.75) is 25.6 Å². The maximum atomic E-state index is 7.13. The molecule has 1 fully saturated rings. The fourth-order valence-corrected chi connectivity index (χ4v) is 1.46. The fourth-order valence-electron chi connectivity index (χ4n) is 1.46. The van der Waals surface area contributed by atoms with Crippen molar-refractivity contribution in [1.82, 2.24) is 15.5 Å². The summed E-state index contributed by atoms with van der Waals surface area (Å²) < 4.78 is 26.4. The molecule has 0 aromatic carbocycles. The topological polar surface area (TPSA) is 51.0 Å². The van der Waals surface area contributed by atoms with E-state index in [1.54, 1.807) is 0 Å². The van der Waals surface area contributed by atoms with Gasteiger partial charge in [0.05, 0.1) is 5.92 Å². The summed E-state index contributed by atoms with van der Waals surface area (Å²) >= 11 is 0. The monoisotopic (exact) mass is 170 g/mol. The van der Waals surface area contributed by atoms with Gasteiger partial charge in [0, 0.05) is 10.7 Å². The van der Waals surface area contributed by atoms with E-state index < -0.39 is 6.85 Å². The van der Waals surface area contributed by atoms with Gasteiger partial charge < -0.3 is 9.84 Å². The second kappa shape index (κ2) is 3.23. The van der Waals surface area contributed by atoms with Crippen molar-refractivity contribution in [2.24, 2.45) is 0 Å². The molecular weight excluding hydrogens is 154 g/mol. The van der Waals surface area contributed by atoms with Gasteiger partial charge in [-0.05, 0) is 26.2 Å². The average molecular weight is 170 g/mol. The lowest BCUT2D eigenvalue weighted by Gasteiger charge is -2.18. The number of piperidine rings is 1. The van der Waals surface area contributed by atoms with Crippen LogP contribution in [0.1, 0.15) is 34.6 Å². The molecule has 1 aromatic heterocycles. The first kappa shape index (κ1) is 4.97. The molecule has 1 aromatic rings. The van der Waals surface area contributed by atoms with Crippen LogP contribution in [0.15, 0.2) is 4.52 Å². The van der Waals surface area contributed by atoms with Crippen molar-refractivity contribution in [1.29, 1.82) is 0 Å². The Kier molecular flexibility index (Phi) is 1.34. The molecule has 4 heteroatoms. The van der Waals surface area contributed by atoms with Crippen LogP contribution in [-0.4, -0.2) is 23.2 Å². The van der Waals surface area contributed by atoms with E-state index in [-0.39, 0.29) is 11.7 Å². The SMILES string of the molecule is [2H]C([2H])([2H])c1noc(C2CCCNC2)n1. The molecule has 0 aliphatic carbocycles. The van der Waals surface area contributed by atoms with Crippen LogP contribution in [0.5, 0.6) is 0 Å². The third-order valence-corrected chi connectivity index (χ3v) is 2.09. The van der Waals surface area contributed by atoms with Gasteiger partial charge in [0.15, 0.2) is 5.82 Å². The lowest BCUT2D eigenvalue weighted by molar-refractivity contribution is 0.321. The second-order valence-electron chi connectivity index (χ2n) is 3.00. The van der Waals surface area contributed by atoms with E-state index in [0.717, 1.165) is 25.9 Å². The summed E-state index contributed by atoms with van der Waals surface area (Å²) in [6, 6.07) is 0. The molecule has 0 radical (unpaired) electrons. The molecule has 4 nitrogen and oxygen atoms in total. The molecule has 66 valence electrons. The summed E-state index contributed by atoms with van der Waals surface area (Å²) in [7, 11) is 0. The van der Waals surface area contributed by atoms with Gasteiger partial charge in [-0.25, -0.2) is 0 Å². The highest BCUT2D eigenvalue weighted by Gasteiger charge is 2.20. The van der Waals surface area contributed by atoms with Crippen LogP contribution in [-0.2, 0) is 0 Å². The quantitative estimate of drug-likeness (QED) is 0.678. The third-order valence-electron chi connectivity index (χ3n) is 2.09. The highest BCUT2D eigenvalue weighted by atomic mass is 16.5. The summed E-state index contributed by atoms with van der Waals surface area (Å²) in [6.45, 7) is -0.497. The van der Waals surface area contributed by atoms with E-state index >= 15 is 0 Å². The van der Waals surface area contributed by atoms with Gasteiger partial charge in [0.1, 0.15) is 0 Å². The van der Waals surface area contributed by atoms with E-state index in [0.29, 0.717) is 5.89 Å². The summed E-state index contributed by atoms with van der Waals surface area (Å²) in [5, 5.41) is 6.70. The maximum Gasteiger partial charge on any atom is 0.231 e. The Morgan fingerprint density at radius 1 is 1.75 bits per heavy atom. The third kappa shape index (κ3) is 1.48. The van der Waals surface area contributed by atoms with E-state index in [1.165, 1.54) is 0 Å². The van der Waals surface area contributed by atoms with Crippen molar-refractivity contribution in [3.05, 3.63) is 11.7 Å². The predicted octanol–water partition coefficient (Wildman–Crippen LogP) is 0.845. The van der Waals surface area contributed by atoms with Crippen molar-refractivity contribution in [3.63, 3.8) is 0 Å². The number of aryl methyl sites for hydroxylation is 1. The van der Waals surface area contributed by atoms with Crippen molar-refractivity contribution >= 4 is 0 Å². The molecule has 0 amide bonds. The Hall–Kier alpha value is -0.900. The zero-order valence-corrected chi connectivity index (χ0v) is 6.71. The fraction of sp³-hybridized carbons (Fsp3) is 0.750. The summed E-state index contributed by atoms with van der Waals surface area (Å²) in [5.41, 5.74) is 0. The second-order valence-corrected chi connectivity index (χ2v) is 3.00. The Labute approximate surface area is 75.6 Å². The van der Waals surface area contributed by atoms with Gasteiger partial charge in [-0.15, -0.1) is 0 Å². The smallest absolute Gasteiger partial charge is 0.231 e. The highest BCUT2D eigenvalue weighted by molar-refractivity contribution is 4.95. The van der Waals surface area contributed by atoms with Crippen molar-refractivity contribution < 1.29 is 8.64 Å². The number of nitrogens with one attached hydrogen (secondary N) is 1. The molecule has 0 bridgehead atoms. The van der Waals surface area contributed by atoms with E-state index in [4.69, 9.17) is 8.64 Å². The number of hydrogen-bond donors (Lipinski definition) is 1. The largest absolute Gasteiger partial charge is 0.339 e. The van der Waals surface area contributed by atoms with Crippen LogP contribution in [0.4, 0.5) is 0 Å². The first-order chi connectivity index (χ1) is 7.07. The van der Waals surface area contributed by atoms with Gasteiger partial charge in [0.25, 0.3) is 0 Å². The van der Waals surface area contributed by atoms with Crippen LogP contribution >= 0.6 is 0 Å². The lowest BCUT2D eigenvalue weighted by Crippen LogP contribution is -2.28. The number of nitrogens with zero attached hydrogens (tertiary/aromatic N) is 2. The summed E-state index contributed by atoms with van der Waals surface area (Å²) in [4.78, 5) is 3.92. The molecule has 1 aliphatic heterocycles. The zero-order valence-electron chi connectivity index (χ0n) is 9.71. The number of hydrogen-bond acceptors (Lipinski definition) is 4. The molecule has 1 unspecified atom stereocenters. The Bertz CT molecular complexity index is 330. The molecule has 1 aliphatic rings. The summed E-state index contributed by atoms with van der Waals surface area (Å²) in [5.74, 6) is 0.402. The Morgan fingerprint density at radius 3 is 3.42 bits per heavy atom. The van der Waals surface area contributed by atoms with Crippen LogP contribution in [0.2, 0.25) is 0 Å². The van der Waals surface area contributed by atoms with Gasteiger partial charge in [-0.1, -0.05) is 5.16 Å². The van der Waals surface area contributed by atoms with Gasteiger partial charge in [-0.3, -0.25) is 0 Å². The molecule has 2 rings (SSSR count). The van der Waals surface area contributed by atoms with Gasteiger partial charge in [0.2, 0.25) is 5.89 Å². The minimum atomic E-state index is -2.27. The standard InChI is InChI=1S/C8H13N3O/c1-6-10-8(12-11-6)7-3-2-4-9-5-7/h7,9H,2-5H2,1H3/i1D3. The van der Waals surface area contributed by atoms with Crippen molar-refractivity contribution in [3.8, 4) is 0 Å². The molecule has 0 spiro atoms. The van der Waals surface area contributed by atoms with Crippen LogP contribution in [0.25, 0.3) is 0 Å². The molecule has 2 heterocycles. The van der Waals surface area contributed by atoms with E-state index in [1.807, 2.05) is 0 Å². The van der Waals surface area contributed by atoms with Crippen LogP contribution in [0, 0.1) is 6.85 Å². The average Bonchev–Trinajstić information content (AvgIpc) is 2.67. The molecule has 1 atom stereocenters. The molecule has 1 saturated heterocycles. The van der Waals surface area contributed by atoms with Crippen LogP contribution in [0.3, 0.4) is 0 Å². The maximum absolute atomic E-state index is 7.13. The Balaban J connectivity index is 2.12. The van der Waals surface area contributed by atoms with Crippen molar-refractivity contribution in [2.75, 3.05) is 13.1 Å². The molecule has 12 heavy (non-hydrogen) atoms. The summed E-state index contributed by atoms with van der Waals surface area (Å²) in [6.07, 6.45) is 2.02. The lowest BCUT2D eigenvalue weighted by atomic mass is 10.00. The first-order valence-electron chi connectivity index (χ1n) is 5.62. The molecule has 1 N–H and O–H groups in total. The predicted molar refractivity (Wildman–Crippen MR) is 43.9 cm³/mol. The van der Waals surface area contributed by atoms with Crippen LogP contribution < -0.4 is 5.32 Å².